The molecular weight excluding hydrogens is 250 g/mol. The Morgan fingerprint density at radius 2 is 2.10 bits per heavy atom. The molecule has 1 fully saturated rings. The van der Waals surface area contributed by atoms with Gasteiger partial charge in [-0.25, -0.2) is 4.98 Å². The fourth-order valence-electron chi connectivity index (χ4n) is 2.51. The Bertz CT molecular complexity index is 470. The molecule has 0 spiro atoms. The molecule has 1 aromatic rings. The van der Waals surface area contributed by atoms with Gasteiger partial charge in [-0.15, -0.1) is 0 Å². The van der Waals surface area contributed by atoms with Gasteiger partial charge in [0.1, 0.15) is 5.82 Å². The summed E-state index contributed by atoms with van der Waals surface area (Å²) in [6, 6.07) is 3.69. The maximum atomic E-state index is 12.3. The van der Waals surface area contributed by atoms with E-state index in [-0.39, 0.29) is 5.91 Å². The third-order valence-electron chi connectivity index (χ3n) is 4.48. The van der Waals surface area contributed by atoms with Gasteiger partial charge in [-0.1, -0.05) is 20.8 Å². The molecule has 0 radical (unpaired) electrons. The standard InChI is InChI=1S/C16H25N3O/c1-5-13-8-12(9-14(17-4)19-13)15(20)18-10-16(6-7-16)11(2)3/h8-9,11H,5-7,10H2,1-4H3,(H,17,19)(H,18,20). The van der Waals surface area contributed by atoms with E-state index in [1.54, 1.807) is 0 Å². The summed E-state index contributed by atoms with van der Waals surface area (Å²) in [7, 11) is 1.82. The quantitative estimate of drug-likeness (QED) is 0.839. The molecule has 1 aliphatic carbocycles. The summed E-state index contributed by atoms with van der Waals surface area (Å²) in [6.45, 7) is 7.29. The molecule has 2 N–H and O–H groups in total. The van der Waals surface area contributed by atoms with Crippen LogP contribution in [0.25, 0.3) is 0 Å². The zero-order valence-corrected chi connectivity index (χ0v) is 12.9. The van der Waals surface area contributed by atoms with Crippen LogP contribution in [-0.4, -0.2) is 24.5 Å². The molecule has 0 unspecified atom stereocenters. The Morgan fingerprint density at radius 1 is 1.40 bits per heavy atom. The maximum absolute atomic E-state index is 12.3. The SMILES string of the molecule is CCc1cc(C(=O)NCC2(C(C)C)CC2)cc(NC)n1. The monoisotopic (exact) mass is 275 g/mol. The Morgan fingerprint density at radius 3 is 2.60 bits per heavy atom. The Hall–Kier alpha value is -1.58. The van der Waals surface area contributed by atoms with E-state index in [2.05, 4.69) is 29.5 Å². The maximum Gasteiger partial charge on any atom is 0.251 e. The van der Waals surface area contributed by atoms with Crippen LogP contribution >= 0.6 is 0 Å². The zero-order valence-electron chi connectivity index (χ0n) is 12.9. The lowest BCUT2D eigenvalue weighted by Gasteiger charge is -2.20. The van der Waals surface area contributed by atoms with Crippen molar-refractivity contribution in [1.29, 1.82) is 0 Å². The highest BCUT2D eigenvalue weighted by atomic mass is 16.1. The van der Waals surface area contributed by atoms with Crippen LogP contribution < -0.4 is 10.6 Å². The van der Waals surface area contributed by atoms with Crippen LogP contribution in [-0.2, 0) is 6.42 Å². The first-order chi connectivity index (χ1) is 9.50. The molecule has 0 aromatic carbocycles. The summed E-state index contributed by atoms with van der Waals surface area (Å²) < 4.78 is 0. The Labute approximate surface area is 121 Å². The van der Waals surface area contributed by atoms with Crippen LogP contribution in [0.3, 0.4) is 0 Å². The molecule has 1 saturated carbocycles. The van der Waals surface area contributed by atoms with Gasteiger partial charge in [-0.3, -0.25) is 4.79 Å². The van der Waals surface area contributed by atoms with Crippen LogP contribution in [0.5, 0.6) is 0 Å². The largest absolute Gasteiger partial charge is 0.373 e. The van der Waals surface area contributed by atoms with Crippen LogP contribution in [0.1, 0.15) is 49.7 Å². The molecule has 1 amide bonds. The lowest BCUT2D eigenvalue weighted by Crippen LogP contribution is -2.32. The average Bonchev–Trinajstić information content (AvgIpc) is 3.25. The number of nitrogens with one attached hydrogen (secondary N) is 2. The number of carbonyl (C=O) groups is 1. The molecule has 110 valence electrons. The lowest BCUT2D eigenvalue weighted by atomic mass is 9.92. The van der Waals surface area contributed by atoms with E-state index in [0.717, 1.165) is 24.5 Å². The van der Waals surface area contributed by atoms with Crippen molar-refractivity contribution >= 4 is 11.7 Å². The lowest BCUT2D eigenvalue weighted by molar-refractivity contribution is 0.0939. The summed E-state index contributed by atoms with van der Waals surface area (Å²) in [5, 5.41) is 6.10. The average molecular weight is 275 g/mol. The highest BCUT2D eigenvalue weighted by molar-refractivity contribution is 5.95. The number of nitrogens with zero attached hydrogens (tertiary/aromatic N) is 1. The second-order valence-corrected chi connectivity index (χ2v) is 6.04. The summed E-state index contributed by atoms with van der Waals surface area (Å²) in [4.78, 5) is 16.7. The molecule has 2 rings (SSSR count). The number of aryl methyl sites for hydroxylation is 1. The number of hydrogen-bond acceptors (Lipinski definition) is 3. The fourth-order valence-corrected chi connectivity index (χ4v) is 2.51. The van der Waals surface area contributed by atoms with Gasteiger partial charge in [0.2, 0.25) is 0 Å². The third-order valence-corrected chi connectivity index (χ3v) is 4.48. The van der Waals surface area contributed by atoms with Crippen molar-refractivity contribution in [2.75, 3.05) is 18.9 Å². The topological polar surface area (TPSA) is 54.0 Å². The smallest absolute Gasteiger partial charge is 0.251 e. The van der Waals surface area contributed by atoms with Gasteiger partial charge in [0.25, 0.3) is 5.91 Å². The minimum atomic E-state index is 0.00512. The summed E-state index contributed by atoms with van der Waals surface area (Å²) in [6.07, 6.45) is 3.28. The first-order valence-corrected chi connectivity index (χ1v) is 7.47. The van der Waals surface area contributed by atoms with E-state index >= 15 is 0 Å². The van der Waals surface area contributed by atoms with E-state index < -0.39 is 0 Å². The first-order valence-electron chi connectivity index (χ1n) is 7.47. The number of aromatic nitrogens is 1. The number of carbonyl (C=O) groups excluding carboxylic acids is 1. The molecule has 0 bridgehead atoms. The molecule has 0 atom stereocenters. The number of amides is 1. The van der Waals surface area contributed by atoms with E-state index in [4.69, 9.17) is 0 Å². The second kappa shape index (κ2) is 5.81. The molecule has 1 aromatic heterocycles. The molecule has 0 saturated heterocycles. The minimum absolute atomic E-state index is 0.00512. The van der Waals surface area contributed by atoms with E-state index in [1.165, 1.54) is 12.8 Å². The highest BCUT2D eigenvalue weighted by Gasteiger charge is 2.45. The third kappa shape index (κ3) is 3.11. The predicted molar refractivity (Wildman–Crippen MR) is 82.0 cm³/mol. The van der Waals surface area contributed by atoms with E-state index in [9.17, 15) is 4.79 Å². The van der Waals surface area contributed by atoms with Gasteiger partial charge in [0, 0.05) is 24.8 Å². The second-order valence-electron chi connectivity index (χ2n) is 6.04. The van der Waals surface area contributed by atoms with E-state index in [1.807, 2.05) is 26.1 Å². The van der Waals surface area contributed by atoms with Gasteiger partial charge >= 0.3 is 0 Å². The van der Waals surface area contributed by atoms with Gasteiger partial charge in [0.05, 0.1) is 0 Å². The minimum Gasteiger partial charge on any atom is -0.373 e. The molecule has 1 heterocycles. The number of pyridine rings is 1. The van der Waals surface area contributed by atoms with E-state index in [0.29, 0.717) is 16.9 Å². The number of anilines is 1. The van der Waals surface area contributed by atoms with Crippen LogP contribution in [0, 0.1) is 11.3 Å². The zero-order chi connectivity index (χ0) is 14.8. The number of rotatable bonds is 6. The molecule has 4 heteroatoms. The van der Waals surface area contributed by atoms with Gasteiger partial charge < -0.3 is 10.6 Å². The highest BCUT2D eigenvalue weighted by Crippen LogP contribution is 2.51. The van der Waals surface area contributed by atoms with Gasteiger partial charge in [-0.2, -0.15) is 0 Å². The first kappa shape index (κ1) is 14.8. The molecule has 0 aliphatic heterocycles. The number of hydrogen-bond donors (Lipinski definition) is 2. The molecule has 1 aliphatic rings. The summed E-state index contributed by atoms with van der Waals surface area (Å²) >= 11 is 0. The fraction of sp³-hybridized carbons (Fsp3) is 0.625. The van der Waals surface area contributed by atoms with Crippen LogP contribution in [0.15, 0.2) is 12.1 Å². The van der Waals surface area contributed by atoms with Crippen molar-refractivity contribution in [2.45, 2.75) is 40.0 Å². The molecule has 20 heavy (non-hydrogen) atoms. The normalized spacial score (nSPS) is 16.1. The van der Waals surface area contributed by atoms with Crippen molar-refractivity contribution in [2.24, 2.45) is 11.3 Å². The summed E-state index contributed by atoms with van der Waals surface area (Å²) in [5.41, 5.74) is 1.97. The Kier molecular flexibility index (Phi) is 4.31. The summed E-state index contributed by atoms with van der Waals surface area (Å²) in [5.74, 6) is 1.38. The van der Waals surface area contributed by atoms with Crippen molar-refractivity contribution in [1.82, 2.24) is 10.3 Å². The van der Waals surface area contributed by atoms with Gasteiger partial charge in [0.15, 0.2) is 0 Å². The predicted octanol–water partition coefficient (Wildman–Crippen LogP) is 2.85. The van der Waals surface area contributed by atoms with Gasteiger partial charge in [-0.05, 0) is 42.7 Å². The van der Waals surface area contributed by atoms with Crippen molar-refractivity contribution in [3.8, 4) is 0 Å². The molecule has 4 nitrogen and oxygen atoms in total. The van der Waals surface area contributed by atoms with Crippen molar-refractivity contribution in [3.05, 3.63) is 23.4 Å². The van der Waals surface area contributed by atoms with Crippen LogP contribution in [0.2, 0.25) is 0 Å². The van der Waals surface area contributed by atoms with Crippen molar-refractivity contribution in [3.63, 3.8) is 0 Å². The molecular formula is C16H25N3O. The Balaban J connectivity index is 2.05. The van der Waals surface area contributed by atoms with Crippen LogP contribution in [0.4, 0.5) is 5.82 Å². The van der Waals surface area contributed by atoms with Crippen molar-refractivity contribution < 1.29 is 4.79 Å².